The maximum atomic E-state index is 13.1. The summed E-state index contributed by atoms with van der Waals surface area (Å²) in [5, 5.41) is 0. The van der Waals surface area contributed by atoms with Crippen molar-refractivity contribution in [2.75, 3.05) is 18.1 Å². The highest BCUT2D eigenvalue weighted by molar-refractivity contribution is 5.95. The predicted octanol–water partition coefficient (Wildman–Crippen LogP) is 2.35. The fraction of sp³-hybridized carbons (Fsp3) is 0.417. The van der Waals surface area contributed by atoms with Gasteiger partial charge >= 0.3 is 0 Å². The summed E-state index contributed by atoms with van der Waals surface area (Å²) >= 11 is 0. The molecule has 0 aromatic heterocycles. The van der Waals surface area contributed by atoms with Crippen LogP contribution in [0.1, 0.15) is 19.8 Å². The lowest BCUT2D eigenvalue weighted by Gasteiger charge is -2.29. The minimum atomic E-state index is -0.349. The molecular formula is C12H14FNO2. The molecule has 0 spiro atoms. The van der Waals surface area contributed by atoms with E-state index in [1.807, 2.05) is 6.92 Å². The first kappa shape index (κ1) is 10.9. The van der Waals surface area contributed by atoms with E-state index in [1.165, 1.54) is 12.1 Å². The molecule has 0 aliphatic carbocycles. The monoisotopic (exact) mass is 223 g/mol. The molecule has 0 saturated carbocycles. The molecule has 2 rings (SSSR count). The Morgan fingerprint density at radius 3 is 3.12 bits per heavy atom. The summed E-state index contributed by atoms with van der Waals surface area (Å²) in [7, 11) is 0. The zero-order valence-electron chi connectivity index (χ0n) is 9.20. The quantitative estimate of drug-likeness (QED) is 0.770. The van der Waals surface area contributed by atoms with Crippen LogP contribution in [0.25, 0.3) is 0 Å². The van der Waals surface area contributed by atoms with Gasteiger partial charge in [-0.15, -0.1) is 0 Å². The Balaban J connectivity index is 2.31. The van der Waals surface area contributed by atoms with Crippen molar-refractivity contribution in [3.8, 4) is 5.75 Å². The number of carbonyl (C=O) groups is 1. The van der Waals surface area contributed by atoms with Crippen LogP contribution in [-0.4, -0.2) is 19.1 Å². The van der Waals surface area contributed by atoms with Gasteiger partial charge in [0.25, 0.3) is 0 Å². The standard InChI is InChI=1S/C12H14FNO2/c1-2-3-12(15)14-6-7-16-11-5-4-9(13)8-10(11)14/h4-5,8H,2-3,6-7H2,1H3. The molecule has 3 nitrogen and oxygen atoms in total. The zero-order chi connectivity index (χ0) is 11.5. The summed E-state index contributed by atoms with van der Waals surface area (Å²) in [6.45, 7) is 2.91. The number of amides is 1. The van der Waals surface area contributed by atoms with Crippen molar-refractivity contribution in [2.24, 2.45) is 0 Å². The third kappa shape index (κ3) is 2.01. The van der Waals surface area contributed by atoms with Crippen LogP contribution in [-0.2, 0) is 4.79 Å². The van der Waals surface area contributed by atoms with E-state index in [9.17, 15) is 9.18 Å². The second kappa shape index (κ2) is 4.51. The first-order chi connectivity index (χ1) is 7.72. The van der Waals surface area contributed by atoms with Gasteiger partial charge in [0, 0.05) is 12.5 Å². The summed E-state index contributed by atoms with van der Waals surface area (Å²) in [5.41, 5.74) is 0.546. The number of benzene rings is 1. The number of ether oxygens (including phenoxy) is 1. The Kier molecular flexibility index (Phi) is 3.08. The first-order valence-electron chi connectivity index (χ1n) is 5.45. The van der Waals surface area contributed by atoms with Crippen molar-refractivity contribution < 1.29 is 13.9 Å². The average Bonchev–Trinajstić information content (AvgIpc) is 2.28. The number of hydrogen-bond acceptors (Lipinski definition) is 2. The maximum absolute atomic E-state index is 13.1. The first-order valence-corrected chi connectivity index (χ1v) is 5.45. The highest BCUT2D eigenvalue weighted by Gasteiger charge is 2.23. The molecule has 0 saturated heterocycles. The van der Waals surface area contributed by atoms with E-state index >= 15 is 0 Å². The van der Waals surface area contributed by atoms with Gasteiger partial charge in [-0.3, -0.25) is 4.79 Å². The van der Waals surface area contributed by atoms with E-state index in [-0.39, 0.29) is 11.7 Å². The molecule has 0 bridgehead atoms. The molecule has 0 fully saturated rings. The Morgan fingerprint density at radius 2 is 2.38 bits per heavy atom. The van der Waals surface area contributed by atoms with E-state index in [1.54, 1.807) is 11.0 Å². The number of halogens is 1. The molecule has 1 aromatic rings. The van der Waals surface area contributed by atoms with Gasteiger partial charge in [-0.2, -0.15) is 0 Å². The van der Waals surface area contributed by atoms with E-state index in [4.69, 9.17) is 4.74 Å². The summed E-state index contributed by atoms with van der Waals surface area (Å²) in [4.78, 5) is 13.4. The minimum Gasteiger partial charge on any atom is -0.490 e. The van der Waals surface area contributed by atoms with Crippen molar-refractivity contribution in [2.45, 2.75) is 19.8 Å². The van der Waals surface area contributed by atoms with Crippen molar-refractivity contribution in [1.82, 2.24) is 0 Å². The molecule has 1 amide bonds. The Labute approximate surface area is 93.8 Å². The van der Waals surface area contributed by atoms with Crippen molar-refractivity contribution in [3.05, 3.63) is 24.0 Å². The van der Waals surface area contributed by atoms with Gasteiger partial charge < -0.3 is 9.64 Å². The number of nitrogens with zero attached hydrogens (tertiary/aromatic N) is 1. The van der Waals surface area contributed by atoms with Crippen molar-refractivity contribution in [3.63, 3.8) is 0 Å². The number of carbonyl (C=O) groups excluding carboxylic acids is 1. The number of rotatable bonds is 2. The average molecular weight is 223 g/mol. The fourth-order valence-electron chi connectivity index (χ4n) is 1.80. The Bertz CT molecular complexity index is 406. The van der Waals surface area contributed by atoms with E-state index in [2.05, 4.69) is 0 Å². The Hall–Kier alpha value is -1.58. The zero-order valence-corrected chi connectivity index (χ0v) is 9.20. The molecule has 0 atom stereocenters. The van der Waals surface area contributed by atoms with E-state index in [0.29, 0.717) is 31.0 Å². The van der Waals surface area contributed by atoms with Gasteiger partial charge in [-0.05, 0) is 18.6 Å². The lowest BCUT2D eigenvalue weighted by molar-refractivity contribution is -0.118. The summed E-state index contributed by atoms with van der Waals surface area (Å²) in [6, 6.07) is 4.25. The van der Waals surface area contributed by atoms with E-state index in [0.717, 1.165) is 6.42 Å². The number of anilines is 1. The predicted molar refractivity (Wildman–Crippen MR) is 59.2 cm³/mol. The largest absolute Gasteiger partial charge is 0.490 e. The molecule has 1 aliphatic heterocycles. The van der Waals surface area contributed by atoms with Crippen LogP contribution in [0.15, 0.2) is 18.2 Å². The highest BCUT2D eigenvalue weighted by Crippen LogP contribution is 2.32. The van der Waals surface area contributed by atoms with Crippen LogP contribution in [0.5, 0.6) is 5.75 Å². The summed E-state index contributed by atoms with van der Waals surface area (Å²) < 4.78 is 18.5. The molecule has 1 aliphatic rings. The molecule has 4 heteroatoms. The minimum absolute atomic E-state index is 0.0256. The van der Waals surface area contributed by atoms with Crippen LogP contribution in [0.4, 0.5) is 10.1 Å². The topological polar surface area (TPSA) is 29.5 Å². The van der Waals surface area contributed by atoms with Gasteiger partial charge in [-0.25, -0.2) is 4.39 Å². The molecule has 86 valence electrons. The molecule has 0 unspecified atom stereocenters. The second-order valence-electron chi connectivity index (χ2n) is 3.76. The summed E-state index contributed by atoms with van der Waals surface area (Å²) in [5.74, 6) is 0.258. The van der Waals surface area contributed by atoms with E-state index < -0.39 is 0 Å². The van der Waals surface area contributed by atoms with Crippen LogP contribution in [0.2, 0.25) is 0 Å². The van der Waals surface area contributed by atoms with Crippen LogP contribution in [0, 0.1) is 5.82 Å². The lowest BCUT2D eigenvalue weighted by atomic mass is 10.2. The van der Waals surface area contributed by atoms with Crippen LogP contribution < -0.4 is 9.64 Å². The van der Waals surface area contributed by atoms with Crippen molar-refractivity contribution in [1.29, 1.82) is 0 Å². The lowest BCUT2D eigenvalue weighted by Crippen LogP contribution is -2.37. The van der Waals surface area contributed by atoms with Gasteiger partial charge in [0.05, 0.1) is 12.2 Å². The van der Waals surface area contributed by atoms with Gasteiger partial charge in [-0.1, -0.05) is 6.92 Å². The molecule has 1 aromatic carbocycles. The SMILES string of the molecule is CCCC(=O)N1CCOc2ccc(F)cc21. The molecule has 1 heterocycles. The third-order valence-electron chi connectivity index (χ3n) is 2.55. The second-order valence-corrected chi connectivity index (χ2v) is 3.76. The number of fused-ring (bicyclic) bond motifs is 1. The summed E-state index contributed by atoms with van der Waals surface area (Å²) in [6.07, 6.45) is 1.27. The van der Waals surface area contributed by atoms with Gasteiger partial charge in [0.15, 0.2) is 0 Å². The molecular weight excluding hydrogens is 209 g/mol. The van der Waals surface area contributed by atoms with Crippen LogP contribution >= 0.6 is 0 Å². The Morgan fingerprint density at radius 1 is 1.56 bits per heavy atom. The van der Waals surface area contributed by atoms with Gasteiger partial charge in [0.2, 0.25) is 5.91 Å². The number of hydrogen-bond donors (Lipinski definition) is 0. The molecule has 0 radical (unpaired) electrons. The van der Waals surface area contributed by atoms with Gasteiger partial charge in [0.1, 0.15) is 18.2 Å². The smallest absolute Gasteiger partial charge is 0.227 e. The van der Waals surface area contributed by atoms with Crippen molar-refractivity contribution >= 4 is 11.6 Å². The van der Waals surface area contributed by atoms with Crippen LogP contribution in [0.3, 0.4) is 0 Å². The maximum Gasteiger partial charge on any atom is 0.227 e. The fourth-order valence-corrected chi connectivity index (χ4v) is 1.80. The molecule has 0 N–H and O–H groups in total. The normalized spacial score (nSPS) is 14.2. The highest BCUT2D eigenvalue weighted by atomic mass is 19.1. The third-order valence-corrected chi connectivity index (χ3v) is 2.55. The molecule has 16 heavy (non-hydrogen) atoms.